The first-order valence-electron chi connectivity index (χ1n) is 9.23. The van der Waals surface area contributed by atoms with Crippen LogP contribution in [0.15, 0.2) is 61.1 Å². The van der Waals surface area contributed by atoms with Gasteiger partial charge in [-0.3, -0.25) is 4.98 Å². The number of rotatable bonds is 2. The Hall–Kier alpha value is -3.13. The van der Waals surface area contributed by atoms with Gasteiger partial charge < -0.3 is 9.67 Å². The summed E-state index contributed by atoms with van der Waals surface area (Å²) in [6.45, 7) is 3.32. The van der Waals surface area contributed by atoms with Crippen LogP contribution in [-0.2, 0) is 7.05 Å². The summed E-state index contributed by atoms with van der Waals surface area (Å²) < 4.78 is 2.01. The maximum absolute atomic E-state index is 9.84. The summed E-state index contributed by atoms with van der Waals surface area (Å²) in [7, 11) is 1.98. The van der Waals surface area contributed by atoms with Crippen LogP contribution < -0.4 is 0 Å². The van der Waals surface area contributed by atoms with Crippen molar-refractivity contribution in [2.45, 2.75) is 19.4 Å². The second-order valence-electron chi connectivity index (χ2n) is 7.50. The van der Waals surface area contributed by atoms with Crippen LogP contribution in [0.1, 0.15) is 19.4 Å². The summed E-state index contributed by atoms with van der Waals surface area (Å²) in [5, 5.41) is 11.5. The van der Waals surface area contributed by atoms with E-state index in [2.05, 4.69) is 27.9 Å². The van der Waals surface area contributed by atoms with Crippen molar-refractivity contribution in [2.24, 2.45) is 7.05 Å². The Kier molecular flexibility index (Phi) is 4.87. The number of aryl methyl sites for hydroxylation is 1. The van der Waals surface area contributed by atoms with E-state index in [9.17, 15) is 5.11 Å². The fourth-order valence-electron chi connectivity index (χ4n) is 3.16. The van der Waals surface area contributed by atoms with Crippen molar-refractivity contribution in [1.82, 2.24) is 14.5 Å². The normalized spacial score (nSPS) is 11.3. The van der Waals surface area contributed by atoms with Gasteiger partial charge in [-0.15, -0.1) is 0 Å². The fraction of sp³-hybridized carbons (Fsp3) is 0.167. The highest BCUT2D eigenvalue weighted by Crippen LogP contribution is 2.32. The molecule has 0 aliphatic carbocycles. The van der Waals surface area contributed by atoms with Crippen molar-refractivity contribution in [3.8, 4) is 34.4 Å². The molecule has 4 aromatic rings. The zero-order valence-corrected chi connectivity index (χ0v) is 17.2. The van der Waals surface area contributed by atoms with Gasteiger partial charge in [-0.25, -0.2) is 4.98 Å². The third-order valence-corrected chi connectivity index (χ3v) is 4.77. The van der Waals surface area contributed by atoms with Crippen LogP contribution in [0.4, 0.5) is 0 Å². The molecule has 0 spiro atoms. The number of aromatic nitrogens is 3. The Balaban J connectivity index is 1.81. The van der Waals surface area contributed by atoms with Crippen molar-refractivity contribution in [3.05, 3.63) is 71.6 Å². The molecule has 2 aromatic heterocycles. The molecule has 0 aliphatic rings. The van der Waals surface area contributed by atoms with E-state index >= 15 is 0 Å². The number of pyridine rings is 1. The van der Waals surface area contributed by atoms with E-state index in [-0.39, 0.29) is 0 Å². The lowest BCUT2D eigenvalue weighted by molar-refractivity contribution is 0.143. The van der Waals surface area contributed by atoms with Crippen molar-refractivity contribution < 1.29 is 5.11 Å². The minimum absolute atomic E-state index is 0.697. The van der Waals surface area contributed by atoms with Gasteiger partial charge in [-0.1, -0.05) is 41.6 Å². The van der Waals surface area contributed by atoms with Gasteiger partial charge in [0.2, 0.25) is 0 Å². The zero-order valence-electron chi connectivity index (χ0n) is 16.4. The predicted octanol–water partition coefficient (Wildman–Crippen LogP) is 5.08. The average molecular weight is 402 g/mol. The van der Waals surface area contributed by atoms with Crippen LogP contribution in [0.3, 0.4) is 0 Å². The molecule has 0 aliphatic heterocycles. The molecule has 0 atom stereocenters. The molecule has 0 fully saturated rings. The number of imidazole rings is 1. The second kappa shape index (κ2) is 7.36. The summed E-state index contributed by atoms with van der Waals surface area (Å²) in [4.78, 5) is 9.10. The number of benzene rings is 2. The third-order valence-electron chi connectivity index (χ3n) is 4.52. The zero-order chi connectivity index (χ0) is 20.6. The minimum atomic E-state index is -1.04. The molecule has 0 unspecified atom stereocenters. The molecule has 2 aromatic carbocycles. The van der Waals surface area contributed by atoms with Crippen LogP contribution in [0.5, 0.6) is 0 Å². The molecule has 0 saturated carbocycles. The van der Waals surface area contributed by atoms with Crippen molar-refractivity contribution >= 4 is 22.5 Å². The molecule has 4 nitrogen and oxygen atoms in total. The lowest BCUT2D eigenvalue weighted by atomic mass is 10.0. The summed E-state index contributed by atoms with van der Waals surface area (Å²) in [5.74, 6) is 5.82. The molecule has 0 radical (unpaired) electrons. The Morgan fingerprint density at radius 2 is 1.72 bits per heavy atom. The quantitative estimate of drug-likeness (QED) is 0.476. The van der Waals surface area contributed by atoms with E-state index in [1.165, 1.54) is 0 Å². The van der Waals surface area contributed by atoms with E-state index in [1.807, 2.05) is 60.4 Å². The van der Waals surface area contributed by atoms with Crippen LogP contribution in [0, 0.1) is 11.8 Å². The molecule has 4 rings (SSSR count). The standard InChI is InChI=1S/C24H20ClN3O/c1-24(2,29)11-10-16-12-19-13-18(6-9-21(19)26-14-16)23-22(27-15-28(23)3)17-4-7-20(25)8-5-17/h4-9,12-15,29H,1-3H3. The monoisotopic (exact) mass is 401 g/mol. The van der Waals surface area contributed by atoms with E-state index in [0.717, 1.165) is 39.0 Å². The van der Waals surface area contributed by atoms with Crippen LogP contribution in [-0.4, -0.2) is 25.2 Å². The van der Waals surface area contributed by atoms with Gasteiger partial charge in [0, 0.05) is 40.3 Å². The summed E-state index contributed by atoms with van der Waals surface area (Å²) in [5.41, 5.74) is 4.57. The molecule has 144 valence electrons. The highest BCUT2D eigenvalue weighted by molar-refractivity contribution is 6.30. The molecule has 0 amide bonds. The SMILES string of the molecule is Cn1cnc(-c2ccc(Cl)cc2)c1-c1ccc2ncc(C#CC(C)(C)O)cc2c1. The Labute approximate surface area is 174 Å². The largest absolute Gasteiger partial charge is 0.378 e. The smallest absolute Gasteiger partial charge is 0.120 e. The topological polar surface area (TPSA) is 50.9 Å². The van der Waals surface area contributed by atoms with Crippen LogP contribution in [0.2, 0.25) is 5.02 Å². The molecular weight excluding hydrogens is 382 g/mol. The maximum Gasteiger partial charge on any atom is 0.120 e. The van der Waals surface area contributed by atoms with Gasteiger partial charge >= 0.3 is 0 Å². The summed E-state index contributed by atoms with van der Waals surface area (Å²) in [6.07, 6.45) is 3.54. The Bertz CT molecular complexity index is 1260. The predicted molar refractivity (Wildman–Crippen MR) is 118 cm³/mol. The van der Waals surface area contributed by atoms with Gasteiger partial charge in [0.1, 0.15) is 5.60 Å². The first-order chi connectivity index (χ1) is 13.8. The maximum atomic E-state index is 9.84. The van der Waals surface area contributed by atoms with E-state index < -0.39 is 5.60 Å². The van der Waals surface area contributed by atoms with E-state index in [1.54, 1.807) is 20.0 Å². The van der Waals surface area contributed by atoms with Crippen molar-refractivity contribution in [1.29, 1.82) is 0 Å². The number of hydrogen-bond donors (Lipinski definition) is 1. The third kappa shape index (κ3) is 4.17. The number of nitrogens with zero attached hydrogens (tertiary/aromatic N) is 3. The fourth-order valence-corrected chi connectivity index (χ4v) is 3.29. The van der Waals surface area contributed by atoms with Gasteiger partial charge in [0.25, 0.3) is 0 Å². The highest BCUT2D eigenvalue weighted by Gasteiger charge is 2.14. The lowest BCUT2D eigenvalue weighted by Crippen LogP contribution is -2.14. The highest BCUT2D eigenvalue weighted by atomic mass is 35.5. The van der Waals surface area contributed by atoms with Crippen LogP contribution >= 0.6 is 11.6 Å². The Morgan fingerprint density at radius 1 is 1.00 bits per heavy atom. The van der Waals surface area contributed by atoms with Gasteiger partial charge in [-0.2, -0.15) is 0 Å². The van der Waals surface area contributed by atoms with E-state index in [0.29, 0.717) is 5.02 Å². The first kappa shape index (κ1) is 19.2. The van der Waals surface area contributed by atoms with Gasteiger partial charge in [0.15, 0.2) is 0 Å². The number of aliphatic hydroxyl groups is 1. The molecule has 5 heteroatoms. The van der Waals surface area contributed by atoms with E-state index in [4.69, 9.17) is 11.6 Å². The molecular formula is C24H20ClN3O. The summed E-state index contributed by atoms with van der Waals surface area (Å²) >= 11 is 6.04. The molecule has 29 heavy (non-hydrogen) atoms. The lowest BCUT2D eigenvalue weighted by Gasteiger charge is -2.09. The number of halogens is 1. The van der Waals surface area contributed by atoms with Gasteiger partial charge in [-0.05, 0) is 44.2 Å². The molecule has 1 N–H and O–H groups in total. The number of fused-ring (bicyclic) bond motifs is 1. The van der Waals surface area contributed by atoms with Crippen LogP contribution in [0.25, 0.3) is 33.4 Å². The Morgan fingerprint density at radius 3 is 2.45 bits per heavy atom. The minimum Gasteiger partial charge on any atom is -0.378 e. The molecule has 0 bridgehead atoms. The number of hydrogen-bond acceptors (Lipinski definition) is 3. The van der Waals surface area contributed by atoms with Crippen molar-refractivity contribution in [2.75, 3.05) is 0 Å². The van der Waals surface area contributed by atoms with Crippen molar-refractivity contribution in [3.63, 3.8) is 0 Å². The second-order valence-corrected chi connectivity index (χ2v) is 7.94. The average Bonchev–Trinajstić information content (AvgIpc) is 3.07. The molecule has 0 saturated heterocycles. The van der Waals surface area contributed by atoms with Gasteiger partial charge in [0.05, 0.1) is 23.2 Å². The summed E-state index contributed by atoms with van der Waals surface area (Å²) in [6, 6.07) is 15.8. The molecule has 2 heterocycles. The first-order valence-corrected chi connectivity index (χ1v) is 9.61.